The number of amides is 1. The van der Waals surface area contributed by atoms with Crippen LogP contribution in [-0.2, 0) is 6.18 Å². The number of nitrogens with zero attached hydrogens (tertiary/aromatic N) is 1. The summed E-state index contributed by atoms with van der Waals surface area (Å²) < 4.78 is 38.3. The van der Waals surface area contributed by atoms with Crippen LogP contribution >= 0.6 is 0 Å². The van der Waals surface area contributed by atoms with E-state index in [2.05, 4.69) is 10.3 Å². The Morgan fingerprint density at radius 3 is 2.37 bits per heavy atom. The lowest BCUT2D eigenvalue weighted by Gasteiger charge is -2.12. The molecule has 0 spiro atoms. The monoisotopic (exact) mass is 266 g/mol. The van der Waals surface area contributed by atoms with Crippen molar-refractivity contribution >= 4 is 11.7 Å². The highest BCUT2D eigenvalue weighted by molar-refractivity contribution is 6.04. The fraction of sp³-hybridized carbons (Fsp3) is 0.0769. The SMILES string of the molecule is O=C(Nc1ccccn1)c1ccccc1C(F)(F)F. The van der Waals surface area contributed by atoms with Crippen molar-refractivity contribution in [1.29, 1.82) is 0 Å². The number of benzene rings is 1. The second kappa shape index (κ2) is 5.09. The van der Waals surface area contributed by atoms with Crippen molar-refractivity contribution in [3.8, 4) is 0 Å². The Bertz CT molecular complexity index is 582. The average molecular weight is 266 g/mol. The normalized spacial score (nSPS) is 11.1. The van der Waals surface area contributed by atoms with Crippen LogP contribution in [-0.4, -0.2) is 10.9 Å². The molecular weight excluding hydrogens is 257 g/mol. The molecule has 0 saturated carbocycles. The molecule has 0 radical (unpaired) electrons. The molecule has 0 aliphatic heterocycles. The molecule has 0 atom stereocenters. The number of carbonyl (C=O) groups is 1. The van der Waals surface area contributed by atoms with E-state index in [9.17, 15) is 18.0 Å². The Labute approximate surface area is 107 Å². The molecule has 0 aliphatic carbocycles. The second-order valence-corrected chi connectivity index (χ2v) is 3.71. The smallest absolute Gasteiger partial charge is 0.307 e. The average Bonchev–Trinajstić information content (AvgIpc) is 2.39. The third kappa shape index (κ3) is 3.09. The van der Waals surface area contributed by atoms with Gasteiger partial charge in [-0.2, -0.15) is 13.2 Å². The van der Waals surface area contributed by atoms with Crippen LogP contribution in [0.15, 0.2) is 48.7 Å². The van der Waals surface area contributed by atoms with Crippen molar-refractivity contribution < 1.29 is 18.0 Å². The second-order valence-electron chi connectivity index (χ2n) is 3.71. The number of hydrogen-bond acceptors (Lipinski definition) is 2. The van der Waals surface area contributed by atoms with E-state index in [0.29, 0.717) is 0 Å². The van der Waals surface area contributed by atoms with Crippen LogP contribution in [0.3, 0.4) is 0 Å². The lowest BCUT2D eigenvalue weighted by atomic mass is 10.1. The number of aromatic nitrogens is 1. The molecule has 0 unspecified atom stereocenters. The first-order chi connectivity index (χ1) is 8.98. The van der Waals surface area contributed by atoms with Crippen molar-refractivity contribution in [3.05, 3.63) is 59.8 Å². The molecule has 3 nitrogen and oxygen atoms in total. The summed E-state index contributed by atoms with van der Waals surface area (Å²) in [5.41, 5.74) is -1.40. The van der Waals surface area contributed by atoms with Crippen LogP contribution in [0.4, 0.5) is 19.0 Å². The molecule has 0 fully saturated rings. The number of halogens is 3. The lowest BCUT2D eigenvalue weighted by Crippen LogP contribution is -2.19. The lowest BCUT2D eigenvalue weighted by molar-refractivity contribution is -0.137. The van der Waals surface area contributed by atoms with Gasteiger partial charge in [-0.15, -0.1) is 0 Å². The zero-order chi connectivity index (χ0) is 13.9. The summed E-state index contributed by atoms with van der Waals surface area (Å²) in [4.78, 5) is 15.7. The summed E-state index contributed by atoms with van der Waals surface area (Å²) in [7, 11) is 0. The van der Waals surface area contributed by atoms with E-state index in [1.165, 1.54) is 24.4 Å². The largest absolute Gasteiger partial charge is 0.417 e. The predicted octanol–water partition coefficient (Wildman–Crippen LogP) is 3.35. The van der Waals surface area contributed by atoms with Gasteiger partial charge in [-0.3, -0.25) is 4.79 Å². The van der Waals surface area contributed by atoms with Gasteiger partial charge in [0.25, 0.3) is 5.91 Å². The molecule has 0 aliphatic rings. The number of pyridine rings is 1. The van der Waals surface area contributed by atoms with Crippen LogP contribution in [0.5, 0.6) is 0 Å². The summed E-state index contributed by atoms with van der Waals surface area (Å²) in [5.74, 6) is -0.642. The van der Waals surface area contributed by atoms with Gasteiger partial charge in [-0.25, -0.2) is 4.98 Å². The van der Waals surface area contributed by atoms with Gasteiger partial charge in [0.1, 0.15) is 5.82 Å². The molecule has 0 saturated heterocycles. The summed E-state index contributed by atoms with van der Waals surface area (Å²) in [6.07, 6.45) is -3.14. The van der Waals surface area contributed by atoms with Crippen LogP contribution in [0, 0.1) is 0 Å². The van der Waals surface area contributed by atoms with Crippen molar-refractivity contribution in [2.75, 3.05) is 5.32 Å². The maximum Gasteiger partial charge on any atom is 0.417 e. The minimum Gasteiger partial charge on any atom is -0.307 e. The quantitative estimate of drug-likeness (QED) is 0.905. The van der Waals surface area contributed by atoms with E-state index in [4.69, 9.17) is 0 Å². The molecule has 0 bridgehead atoms. The fourth-order valence-electron chi connectivity index (χ4n) is 1.55. The van der Waals surface area contributed by atoms with E-state index in [-0.39, 0.29) is 5.82 Å². The van der Waals surface area contributed by atoms with Gasteiger partial charge in [0, 0.05) is 6.20 Å². The fourth-order valence-corrected chi connectivity index (χ4v) is 1.55. The van der Waals surface area contributed by atoms with Gasteiger partial charge >= 0.3 is 6.18 Å². The maximum atomic E-state index is 12.8. The first-order valence-corrected chi connectivity index (χ1v) is 5.37. The summed E-state index contributed by atoms with van der Waals surface area (Å²) in [5, 5.41) is 2.32. The highest BCUT2D eigenvalue weighted by Gasteiger charge is 2.34. The van der Waals surface area contributed by atoms with Gasteiger partial charge in [-0.1, -0.05) is 18.2 Å². The van der Waals surface area contributed by atoms with Gasteiger partial charge in [0.15, 0.2) is 0 Å². The number of carbonyl (C=O) groups excluding carboxylic acids is 1. The van der Waals surface area contributed by atoms with Crippen LogP contribution in [0.1, 0.15) is 15.9 Å². The van der Waals surface area contributed by atoms with Gasteiger partial charge in [0.05, 0.1) is 11.1 Å². The first-order valence-electron chi connectivity index (χ1n) is 5.37. The Morgan fingerprint density at radius 2 is 1.74 bits per heavy atom. The highest BCUT2D eigenvalue weighted by Crippen LogP contribution is 2.32. The number of alkyl halides is 3. The van der Waals surface area contributed by atoms with Crippen molar-refractivity contribution in [2.45, 2.75) is 6.18 Å². The minimum absolute atomic E-state index is 0.199. The Balaban J connectivity index is 2.30. The number of anilines is 1. The minimum atomic E-state index is -4.57. The predicted molar refractivity (Wildman–Crippen MR) is 63.6 cm³/mol. The third-order valence-corrected chi connectivity index (χ3v) is 2.38. The van der Waals surface area contributed by atoms with Crippen LogP contribution in [0.2, 0.25) is 0 Å². The molecule has 1 aromatic heterocycles. The summed E-state index contributed by atoms with van der Waals surface area (Å²) in [6, 6.07) is 9.36. The van der Waals surface area contributed by atoms with Gasteiger partial charge in [0.2, 0.25) is 0 Å². The van der Waals surface area contributed by atoms with Crippen molar-refractivity contribution in [3.63, 3.8) is 0 Å². The molecular formula is C13H9F3N2O. The molecule has 1 heterocycles. The molecule has 1 amide bonds. The number of nitrogens with one attached hydrogen (secondary N) is 1. The van der Waals surface area contributed by atoms with Crippen LogP contribution < -0.4 is 5.32 Å². The van der Waals surface area contributed by atoms with Crippen molar-refractivity contribution in [2.24, 2.45) is 0 Å². The van der Waals surface area contributed by atoms with Crippen LogP contribution in [0.25, 0.3) is 0 Å². The summed E-state index contributed by atoms with van der Waals surface area (Å²) in [6.45, 7) is 0. The standard InChI is InChI=1S/C13H9F3N2O/c14-13(15,16)10-6-2-1-5-9(10)12(19)18-11-7-3-4-8-17-11/h1-8H,(H,17,18,19). The Kier molecular flexibility index (Phi) is 3.50. The first kappa shape index (κ1) is 13.1. The van der Waals surface area contributed by atoms with E-state index in [1.807, 2.05) is 0 Å². The summed E-state index contributed by atoms with van der Waals surface area (Å²) >= 11 is 0. The van der Waals surface area contributed by atoms with Crippen molar-refractivity contribution in [1.82, 2.24) is 4.98 Å². The van der Waals surface area contributed by atoms with Gasteiger partial charge < -0.3 is 5.32 Å². The molecule has 19 heavy (non-hydrogen) atoms. The Hall–Kier alpha value is -2.37. The zero-order valence-corrected chi connectivity index (χ0v) is 9.61. The molecule has 1 aromatic carbocycles. The number of hydrogen-bond donors (Lipinski definition) is 1. The molecule has 1 N–H and O–H groups in total. The third-order valence-electron chi connectivity index (χ3n) is 2.38. The van der Waals surface area contributed by atoms with E-state index in [1.54, 1.807) is 12.1 Å². The zero-order valence-electron chi connectivity index (χ0n) is 9.61. The van der Waals surface area contributed by atoms with E-state index in [0.717, 1.165) is 12.1 Å². The Morgan fingerprint density at radius 1 is 1.05 bits per heavy atom. The topological polar surface area (TPSA) is 42.0 Å². The molecule has 98 valence electrons. The maximum absolute atomic E-state index is 12.8. The van der Waals surface area contributed by atoms with E-state index < -0.39 is 23.2 Å². The highest BCUT2D eigenvalue weighted by atomic mass is 19.4. The van der Waals surface area contributed by atoms with Gasteiger partial charge in [-0.05, 0) is 24.3 Å². The molecule has 6 heteroatoms. The number of rotatable bonds is 2. The van der Waals surface area contributed by atoms with E-state index >= 15 is 0 Å². The molecule has 2 rings (SSSR count). The molecule has 2 aromatic rings.